The average Bonchev–Trinajstić information content (AvgIpc) is 3.03. The number of hydrogen-bond acceptors (Lipinski definition) is 3. The lowest BCUT2D eigenvalue weighted by Gasteiger charge is -2.24. The van der Waals surface area contributed by atoms with Gasteiger partial charge in [-0.2, -0.15) is 0 Å². The average molecular weight is 365 g/mol. The third-order valence-corrected chi connectivity index (χ3v) is 5.66. The van der Waals surface area contributed by atoms with Crippen molar-refractivity contribution in [2.75, 3.05) is 10.6 Å². The molecule has 0 aliphatic heterocycles. The first kappa shape index (κ1) is 17.7. The van der Waals surface area contributed by atoms with Gasteiger partial charge in [-0.3, -0.25) is 14.4 Å². The highest BCUT2D eigenvalue weighted by Gasteiger charge is 2.65. The Labute approximate surface area is 150 Å². The monoisotopic (exact) mass is 364 g/mol. The van der Waals surface area contributed by atoms with Crippen molar-refractivity contribution in [1.82, 2.24) is 0 Å². The number of carbonyl (C=O) groups is 3. The number of benzene rings is 1. The van der Waals surface area contributed by atoms with Crippen LogP contribution in [-0.4, -0.2) is 22.9 Å². The van der Waals surface area contributed by atoms with Crippen LogP contribution in [0.1, 0.15) is 33.1 Å². The zero-order valence-electron chi connectivity index (χ0n) is 14.1. The van der Waals surface area contributed by atoms with E-state index in [0.717, 1.165) is 19.3 Å². The Bertz CT molecular complexity index is 743. The summed E-state index contributed by atoms with van der Waals surface area (Å²) in [6.45, 7) is 3.53. The molecule has 2 atom stereocenters. The summed E-state index contributed by atoms with van der Waals surface area (Å²) in [5, 5.41) is 15.0. The van der Waals surface area contributed by atoms with Crippen molar-refractivity contribution in [2.45, 2.75) is 33.1 Å². The normalized spacial score (nSPS) is 24.1. The van der Waals surface area contributed by atoms with Crippen molar-refractivity contribution in [2.24, 2.45) is 23.2 Å². The van der Waals surface area contributed by atoms with Crippen molar-refractivity contribution in [3.8, 4) is 0 Å². The molecule has 0 bridgehead atoms. The van der Waals surface area contributed by atoms with Gasteiger partial charge in [-0.05, 0) is 36.5 Å². The molecule has 25 heavy (non-hydrogen) atoms. The molecular formula is C18H21ClN2O4. The van der Waals surface area contributed by atoms with E-state index in [1.165, 1.54) is 0 Å². The first-order chi connectivity index (χ1) is 11.7. The van der Waals surface area contributed by atoms with Crippen molar-refractivity contribution >= 4 is 40.8 Å². The minimum absolute atomic E-state index is 0.0334. The molecule has 0 spiro atoms. The summed E-state index contributed by atoms with van der Waals surface area (Å²) < 4.78 is 0. The van der Waals surface area contributed by atoms with E-state index in [-0.39, 0.29) is 17.7 Å². The van der Waals surface area contributed by atoms with Crippen molar-refractivity contribution < 1.29 is 19.5 Å². The van der Waals surface area contributed by atoms with E-state index in [1.54, 1.807) is 32.0 Å². The second kappa shape index (κ2) is 6.33. The number of carboxylic acid groups (broad SMARTS) is 1. The molecule has 0 radical (unpaired) electrons. The number of halogens is 1. The molecule has 2 fully saturated rings. The number of carbonyl (C=O) groups excluding carboxylic acids is 2. The first-order valence-corrected chi connectivity index (χ1v) is 8.73. The topological polar surface area (TPSA) is 95.5 Å². The first-order valence-electron chi connectivity index (χ1n) is 8.36. The highest BCUT2D eigenvalue weighted by molar-refractivity contribution is 6.34. The third-order valence-electron chi connectivity index (χ3n) is 5.35. The molecule has 0 heterocycles. The highest BCUT2D eigenvalue weighted by Crippen LogP contribution is 2.58. The van der Waals surface area contributed by atoms with E-state index in [4.69, 9.17) is 16.7 Å². The number of amides is 2. The van der Waals surface area contributed by atoms with Crippen molar-refractivity contribution in [3.63, 3.8) is 0 Å². The summed E-state index contributed by atoms with van der Waals surface area (Å²) in [7, 11) is 0. The van der Waals surface area contributed by atoms with Crippen LogP contribution in [0.3, 0.4) is 0 Å². The second-order valence-electron chi connectivity index (χ2n) is 7.42. The maximum absolute atomic E-state index is 12.3. The number of carboxylic acids is 1. The van der Waals surface area contributed by atoms with Gasteiger partial charge in [0.05, 0.1) is 22.5 Å². The van der Waals surface area contributed by atoms with Crippen LogP contribution >= 0.6 is 11.6 Å². The van der Waals surface area contributed by atoms with Crippen LogP contribution in [0.25, 0.3) is 0 Å². The van der Waals surface area contributed by atoms with Gasteiger partial charge in [-0.25, -0.2) is 0 Å². The Balaban J connectivity index is 1.64. The number of aliphatic carboxylic acids is 1. The smallest absolute Gasteiger partial charge is 0.307 e. The lowest BCUT2D eigenvalue weighted by atomic mass is 9.85. The molecule has 3 N–H and O–H groups in total. The van der Waals surface area contributed by atoms with Crippen LogP contribution in [-0.2, 0) is 14.4 Å². The summed E-state index contributed by atoms with van der Waals surface area (Å²) in [4.78, 5) is 35.5. The van der Waals surface area contributed by atoms with E-state index in [0.29, 0.717) is 16.4 Å². The molecule has 2 amide bonds. The Morgan fingerprint density at radius 1 is 1.12 bits per heavy atom. The van der Waals surface area contributed by atoms with Crippen LogP contribution in [0, 0.1) is 23.2 Å². The number of rotatable bonds is 5. The van der Waals surface area contributed by atoms with Crippen molar-refractivity contribution in [1.29, 1.82) is 0 Å². The summed E-state index contributed by atoms with van der Waals surface area (Å²) in [5.41, 5.74) is 0.423. The standard InChI is InChI=1S/C18H21ClN2O4/c1-18(2)13(14(18)17(24)25)16(23)20-10-6-7-12(11(19)8-10)21-15(22)9-4-3-5-9/h6-9,13-14H,3-5H2,1-2H3,(H,20,23)(H,21,22)(H,24,25). The molecule has 1 aromatic carbocycles. The Kier molecular flexibility index (Phi) is 4.49. The molecule has 6 nitrogen and oxygen atoms in total. The minimum Gasteiger partial charge on any atom is -0.481 e. The van der Waals surface area contributed by atoms with Gasteiger partial charge >= 0.3 is 5.97 Å². The second-order valence-corrected chi connectivity index (χ2v) is 7.82. The summed E-state index contributed by atoms with van der Waals surface area (Å²) in [6, 6.07) is 4.84. The van der Waals surface area contributed by atoms with Gasteiger partial charge < -0.3 is 15.7 Å². The number of hydrogen-bond donors (Lipinski definition) is 3. The van der Waals surface area contributed by atoms with Crippen LogP contribution < -0.4 is 10.6 Å². The van der Waals surface area contributed by atoms with Crippen LogP contribution in [0.2, 0.25) is 5.02 Å². The fourth-order valence-electron chi connectivity index (χ4n) is 3.41. The largest absolute Gasteiger partial charge is 0.481 e. The lowest BCUT2D eigenvalue weighted by Crippen LogP contribution is -2.28. The van der Waals surface area contributed by atoms with E-state index >= 15 is 0 Å². The Morgan fingerprint density at radius 3 is 2.28 bits per heavy atom. The summed E-state index contributed by atoms with van der Waals surface area (Å²) >= 11 is 6.19. The quantitative estimate of drug-likeness (QED) is 0.746. The van der Waals surface area contributed by atoms with Gasteiger partial charge in [-0.15, -0.1) is 0 Å². The zero-order chi connectivity index (χ0) is 18.4. The number of nitrogens with one attached hydrogen (secondary N) is 2. The van der Waals surface area contributed by atoms with Gasteiger partial charge in [0.1, 0.15) is 0 Å². The van der Waals surface area contributed by atoms with Gasteiger partial charge in [0.25, 0.3) is 0 Å². The molecule has 2 aliphatic rings. The maximum atomic E-state index is 12.3. The lowest BCUT2D eigenvalue weighted by molar-refractivity contribution is -0.140. The SMILES string of the molecule is CC1(C)C(C(=O)O)C1C(=O)Nc1ccc(NC(=O)C2CCC2)c(Cl)c1. The predicted octanol–water partition coefficient (Wildman–Crippen LogP) is 3.37. The molecule has 3 rings (SSSR count). The molecule has 0 saturated heterocycles. The van der Waals surface area contributed by atoms with Gasteiger partial charge in [-0.1, -0.05) is 31.9 Å². The van der Waals surface area contributed by atoms with Crippen molar-refractivity contribution in [3.05, 3.63) is 23.2 Å². The highest BCUT2D eigenvalue weighted by atomic mass is 35.5. The summed E-state index contributed by atoms with van der Waals surface area (Å²) in [6.07, 6.45) is 2.88. The van der Waals surface area contributed by atoms with Crippen LogP contribution in [0.4, 0.5) is 11.4 Å². The molecular weight excluding hydrogens is 344 g/mol. The van der Waals surface area contributed by atoms with E-state index in [1.807, 2.05) is 0 Å². The van der Waals surface area contributed by atoms with Gasteiger partial charge in [0, 0.05) is 11.6 Å². The molecule has 2 unspecified atom stereocenters. The van der Waals surface area contributed by atoms with E-state index in [2.05, 4.69) is 10.6 Å². The van der Waals surface area contributed by atoms with E-state index in [9.17, 15) is 14.4 Å². The summed E-state index contributed by atoms with van der Waals surface area (Å²) in [5.74, 6) is -2.52. The maximum Gasteiger partial charge on any atom is 0.307 e. The molecule has 1 aromatic rings. The predicted molar refractivity (Wildman–Crippen MR) is 94.4 cm³/mol. The Hall–Kier alpha value is -2.08. The zero-order valence-corrected chi connectivity index (χ0v) is 14.9. The molecule has 134 valence electrons. The van der Waals surface area contributed by atoms with Gasteiger partial charge in [0.15, 0.2) is 0 Å². The molecule has 2 saturated carbocycles. The van der Waals surface area contributed by atoms with Crippen LogP contribution in [0.5, 0.6) is 0 Å². The minimum atomic E-state index is -0.961. The van der Waals surface area contributed by atoms with Crippen LogP contribution in [0.15, 0.2) is 18.2 Å². The fourth-order valence-corrected chi connectivity index (χ4v) is 3.64. The Morgan fingerprint density at radius 2 is 1.80 bits per heavy atom. The number of anilines is 2. The molecule has 2 aliphatic carbocycles. The molecule has 0 aromatic heterocycles. The van der Waals surface area contributed by atoms with E-state index < -0.39 is 23.2 Å². The molecule has 7 heteroatoms. The third kappa shape index (κ3) is 3.35. The van der Waals surface area contributed by atoms with Gasteiger partial charge in [0.2, 0.25) is 11.8 Å². The fraction of sp³-hybridized carbons (Fsp3) is 0.500.